The van der Waals surface area contributed by atoms with E-state index in [9.17, 15) is 0 Å². The second-order valence-electron chi connectivity index (χ2n) is 3.72. The van der Waals surface area contributed by atoms with E-state index in [1.807, 2.05) is 30.5 Å². The predicted molar refractivity (Wildman–Crippen MR) is 75.3 cm³/mol. The Morgan fingerprint density at radius 1 is 1.22 bits per heavy atom. The summed E-state index contributed by atoms with van der Waals surface area (Å²) in [5.74, 6) is 1.46. The minimum atomic E-state index is 0.504. The standard InChI is InChI=1S/C12H14Cl2N4/c1-3-15-12-17-16-11(18(12)4-2)8-6-5-7-9(13)10(8)14/h5-7H,3-4H2,1-2H3,(H,15,17). The van der Waals surface area contributed by atoms with Crippen molar-refractivity contribution < 1.29 is 0 Å². The van der Waals surface area contributed by atoms with Crippen LogP contribution in [0.1, 0.15) is 13.8 Å². The van der Waals surface area contributed by atoms with Crippen molar-refractivity contribution in [1.29, 1.82) is 0 Å². The Hall–Kier alpha value is -1.26. The number of anilines is 1. The normalized spacial score (nSPS) is 10.7. The first-order chi connectivity index (χ1) is 8.69. The number of halogens is 2. The van der Waals surface area contributed by atoms with E-state index < -0.39 is 0 Å². The van der Waals surface area contributed by atoms with Gasteiger partial charge in [-0.15, -0.1) is 10.2 Å². The van der Waals surface area contributed by atoms with Crippen molar-refractivity contribution in [2.24, 2.45) is 0 Å². The molecule has 0 saturated heterocycles. The van der Waals surface area contributed by atoms with Crippen molar-refractivity contribution in [2.45, 2.75) is 20.4 Å². The Bertz CT molecular complexity index is 551. The van der Waals surface area contributed by atoms with Crippen LogP contribution in [0.25, 0.3) is 11.4 Å². The van der Waals surface area contributed by atoms with Crippen LogP contribution in [-0.2, 0) is 6.54 Å². The first kappa shape index (κ1) is 13.2. The van der Waals surface area contributed by atoms with Crippen LogP contribution in [0.2, 0.25) is 10.0 Å². The Kier molecular flexibility index (Phi) is 4.09. The van der Waals surface area contributed by atoms with Crippen LogP contribution in [0.3, 0.4) is 0 Å². The molecule has 0 atom stereocenters. The fourth-order valence-corrected chi connectivity index (χ4v) is 2.15. The van der Waals surface area contributed by atoms with Crippen LogP contribution < -0.4 is 5.32 Å². The van der Waals surface area contributed by atoms with Crippen molar-refractivity contribution >= 4 is 29.2 Å². The maximum atomic E-state index is 6.21. The molecule has 1 aromatic heterocycles. The number of nitrogens with one attached hydrogen (secondary N) is 1. The number of rotatable bonds is 4. The monoisotopic (exact) mass is 284 g/mol. The molecular weight excluding hydrogens is 271 g/mol. The number of benzene rings is 1. The Morgan fingerprint density at radius 3 is 2.67 bits per heavy atom. The number of hydrogen-bond donors (Lipinski definition) is 1. The highest BCUT2D eigenvalue weighted by molar-refractivity contribution is 6.43. The van der Waals surface area contributed by atoms with Gasteiger partial charge in [-0.25, -0.2) is 0 Å². The molecule has 1 N–H and O–H groups in total. The molecular formula is C12H14Cl2N4. The molecule has 96 valence electrons. The van der Waals surface area contributed by atoms with Gasteiger partial charge in [0.1, 0.15) is 0 Å². The highest BCUT2D eigenvalue weighted by Gasteiger charge is 2.15. The predicted octanol–water partition coefficient (Wildman–Crippen LogP) is 3.70. The highest BCUT2D eigenvalue weighted by Crippen LogP contribution is 2.33. The van der Waals surface area contributed by atoms with Crippen LogP contribution in [-0.4, -0.2) is 21.3 Å². The van der Waals surface area contributed by atoms with E-state index in [2.05, 4.69) is 15.5 Å². The SMILES string of the molecule is CCNc1nnc(-c2cccc(Cl)c2Cl)n1CC. The molecule has 0 aliphatic carbocycles. The van der Waals surface area contributed by atoms with E-state index in [1.54, 1.807) is 6.07 Å². The summed E-state index contributed by atoms with van der Waals surface area (Å²) in [6, 6.07) is 5.50. The minimum Gasteiger partial charge on any atom is -0.355 e. The first-order valence-corrected chi connectivity index (χ1v) is 6.56. The summed E-state index contributed by atoms with van der Waals surface area (Å²) < 4.78 is 1.97. The Balaban J connectivity index is 2.53. The maximum Gasteiger partial charge on any atom is 0.224 e. The zero-order valence-electron chi connectivity index (χ0n) is 10.2. The molecule has 0 aliphatic rings. The number of hydrogen-bond acceptors (Lipinski definition) is 3. The van der Waals surface area contributed by atoms with Crippen LogP contribution in [0, 0.1) is 0 Å². The molecule has 0 unspecified atom stereocenters. The molecule has 4 nitrogen and oxygen atoms in total. The molecule has 0 aliphatic heterocycles. The van der Waals surface area contributed by atoms with Gasteiger partial charge in [0.15, 0.2) is 5.82 Å². The van der Waals surface area contributed by atoms with Crippen LogP contribution >= 0.6 is 23.2 Å². The van der Waals surface area contributed by atoms with Gasteiger partial charge in [0.2, 0.25) is 5.95 Å². The molecule has 0 spiro atoms. The van der Waals surface area contributed by atoms with Gasteiger partial charge in [0, 0.05) is 18.7 Å². The van der Waals surface area contributed by atoms with Crippen LogP contribution in [0.15, 0.2) is 18.2 Å². The third-order valence-corrected chi connectivity index (χ3v) is 3.41. The van der Waals surface area contributed by atoms with Crippen molar-refractivity contribution in [3.05, 3.63) is 28.2 Å². The topological polar surface area (TPSA) is 42.7 Å². The van der Waals surface area contributed by atoms with Gasteiger partial charge in [-0.3, -0.25) is 4.57 Å². The fraction of sp³-hybridized carbons (Fsp3) is 0.333. The third kappa shape index (κ3) is 2.31. The zero-order valence-corrected chi connectivity index (χ0v) is 11.8. The van der Waals surface area contributed by atoms with Gasteiger partial charge in [-0.1, -0.05) is 29.3 Å². The second kappa shape index (κ2) is 5.59. The van der Waals surface area contributed by atoms with Crippen molar-refractivity contribution in [2.75, 3.05) is 11.9 Å². The summed E-state index contributed by atoms with van der Waals surface area (Å²) >= 11 is 12.2. The zero-order chi connectivity index (χ0) is 13.1. The largest absolute Gasteiger partial charge is 0.355 e. The molecule has 0 amide bonds. The summed E-state index contributed by atoms with van der Waals surface area (Å²) in [4.78, 5) is 0. The molecule has 18 heavy (non-hydrogen) atoms. The summed E-state index contributed by atoms with van der Waals surface area (Å²) in [5, 5.41) is 12.5. The molecule has 1 aromatic carbocycles. The van der Waals surface area contributed by atoms with E-state index in [0.29, 0.717) is 10.0 Å². The molecule has 6 heteroatoms. The molecule has 1 heterocycles. The Labute approximate surface area is 116 Å². The number of aromatic nitrogens is 3. The van der Waals surface area contributed by atoms with E-state index >= 15 is 0 Å². The maximum absolute atomic E-state index is 6.21. The van der Waals surface area contributed by atoms with E-state index in [4.69, 9.17) is 23.2 Å². The number of nitrogens with zero attached hydrogens (tertiary/aromatic N) is 3. The lowest BCUT2D eigenvalue weighted by Crippen LogP contribution is -2.07. The quantitative estimate of drug-likeness (QED) is 0.931. The minimum absolute atomic E-state index is 0.504. The van der Waals surface area contributed by atoms with Gasteiger partial charge in [-0.2, -0.15) is 0 Å². The first-order valence-electron chi connectivity index (χ1n) is 5.80. The lowest BCUT2D eigenvalue weighted by Gasteiger charge is -2.09. The van der Waals surface area contributed by atoms with Gasteiger partial charge < -0.3 is 5.32 Å². The molecule has 2 aromatic rings. The van der Waals surface area contributed by atoms with Gasteiger partial charge in [0.25, 0.3) is 0 Å². The summed E-state index contributed by atoms with van der Waals surface area (Å²) in [6.45, 7) is 5.60. The summed E-state index contributed by atoms with van der Waals surface area (Å²) in [6.07, 6.45) is 0. The molecule has 0 bridgehead atoms. The van der Waals surface area contributed by atoms with E-state index in [-0.39, 0.29) is 0 Å². The van der Waals surface area contributed by atoms with Crippen molar-refractivity contribution in [3.63, 3.8) is 0 Å². The van der Waals surface area contributed by atoms with Gasteiger partial charge >= 0.3 is 0 Å². The Morgan fingerprint density at radius 2 is 2.00 bits per heavy atom. The van der Waals surface area contributed by atoms with Crippen molar-refractivity contribution in [3.8, 4) is 11.4 Å². The van der Waals surface area contributed by atoms with Crippen LogP contribution in [0.4, 0.5) is 5.95 Å². The molecule has 0 radical (unpaired) electrons. The highest BCUT2D eigenvalue weighted by atomic mass is 35.5. The van der Waals surface area contributed by atoms with Gasteiger partial charge in [0.05, 0.1) is 10.0 Å². The third-order valence-electron chi connectivity index (χ3n) is 2.59. The fourth-order valence-electron chi connectivity index (χ4n) is 1.77. The second-order valence-corrected chi connectivity index (χ2v) is 4.51. The van der Waals surface area contributed by atoms with E-state index in [0.717, 1.165) is 30.4 Å². The lowest BCUT2D eigenvalue weighted by atomic mass is 10.2. The van der Waals surface area contributed by atoms with Crippen LogP contribution in [0.5, 0.6) is 0 Å². The van der Waals surface area contributed by atoms with Gasteiger partial charge in [-0.05, 0) is 26.0 Å². The smallest absolute Gasteiger partial charge is 0.224 e. The van der Waals surface area contributed by atoms with Crippen molar-refractivity contribution in [1.82, 2.24) is 14.8 Å². The average Bonchev–Trinajstić information content (AvgIpc) is 2.76. The van der Waals surface area contributed by atoms with E-state index in [1.165, 1.54) is 0 Å². The molecule has 0 fully saturated rings. The summed E-state index contributed by atoms with van der Waals surface area (Å²) in [5.41, 5.74) is 0.794. The lowest BCUT2D eigenvalue weighted by molar-refractivity contribution is 0.770. The molecule has 0 saturated carbocycles. The molecule has 2 rings (SSSR count). The summed E-state index contributed by atoms with van der Waals surface area (Å²) in [7, 11) is 0. The average molecular weight is 285 g/mol.